The van der Waals surface area contributed by atoms with Crippen LogP contribution in [0.25, 0.3) is 0 Å². The van der Waals surface area contributed by atoms with Crippen molar-refractivity contribution in [3.8, 4) is 0 Å². The number of carbonyl (C=O) groups is 2. The van der Waals surface area contributed by atoms with Gasteiger partial charge in [-0.15, -0.1) is 11.8 Å². The van der Waals surface area contributed by atoms with E-state index in [-0.39, 0.29) is 24.1 Å². The summed E-state index contributed by atoms with van der Waals surface area (Å²) in [6, 6.07) is 12.9. The Kier molecular flexibility index (Phi) is 10.9. The minimum atomic E-state index is -0.589. The van der Waals surface area contributed by atoms with Crippen LogP contribution in [0.4, 0.5) is 0 Å². The summed E-state index contributed by atoms with van der Waals surface area (Å²) in [7, 11) is 0. The zero-order valence-electron chi connectivity index (χ0n) is 19.2. The topological polar surface area (TPSA) is 49.4 Å². The van der Waals surface area contributed by atoms with E-state index < -0.39 is 6.04 Å². The second-order valence-electron chi connectivity index (χ2n) is 8.26. The first kappa shape index (κ1) is 26.6. The number of rotatable bonds is 11. The Hall–Kier alpha value is -1.69. The second kappa shape index (κ2) is 13.1. The summed E-state index contributed by atoms with van der Waals surface area (Å²) in [6.45, 7) is 8.79. The van der Waals surface area contributed by atoms with Crippen LogP contribution in [0.2, 0.25) is 10.0 Å². The summed E-state index contributed by atoms with van der Waals surface area (Å²) in [5, 5.41) is 3.94. The first-order chi connectivity index (χ1) is 15.2. The van der Waals surface area contributed by atoms with Crippen LogP contribution in [0, 0.1) is 12.8 Å². The highest BCUT2D eigenvalue weighted by Gasteiger charge is 2.29. The standard InChI is InChI=1S/C25H32Cl2N2O2S/c1-5-23(25(31)28-13-17(2)3)29(14-20-21(26)7-6-8-22(20)27)24(30)16-32-15-19-11-9-18(4)10-12-19/h6-12,17,23H,5,13-16H2,1-4H3,(H,28,31). The predicted octanol–water partition coefficient (Wildman–Crippen LogP) is 6.11. The molecule has 0 aromatic heterocycles. The molecule has 2 rings (SSSR count). The molecule has 0 bridgehead atoms. The van der Waals surface area contributed by atoms with Crippen LogP contribution in [-0.2, 0) is 21.9 Å². The number of hydrogen-bond donors (Lipinski definition) is 1. The third kappa shape index (κ3) is 8.02. The minimum Gasteiger partial charge on any atom is -0.354 e. The van der Waals surface area contributed by atoms with E-state index >= 15 is 0 Å². The highest BCUT2D eigenvalue weighted by atomic mass is 35.5. The van der Waals surface area contributed by atoms with Crippen molar-refractivity contribution in [3.05, 3.63) is 69.2 Å². The quantitative estimate of drug-likeness (QED) is 0.409. The Morgan fingerprint density at radius 2 is 1.69 bits per heavy atom. The summed E-state index contributed by atoms with van der Waals surface area (Å²) in [5.74, 6) is 1.06. The average Bonchev–Trinajstić information content (AvgIpc) is 2.75. The van der Waals surface area contributed by atoms with Crippen LogP contribution in [0.15, 0.2) is 42.5 Å². The van der Waals surface area contributed by atoms with Crippen LogP contribution < -0.4 is 5.32 Å². The summed E-state index contributed by atoms with van der Waals surface area (Å²) in [4.78, 5) is 27.8. The van der Waals surface area contributed by atoms with Gasteiger partial charge in [-0.05, 0) is 37.0 Å². The third-order valence-corrected chi connectivity index (χ3v) is 6.77. The molecule has 2 aromatic carbocycles. The van der Waals surface area contributed by atoms with Crippen LogP contribution in [-0.4, -0.2) is 35.1 Å². The zero-order chi connectivity index (χ0) is 23.7. The number of thioether (sulfide) groups is 1. The zero-order valence-corrected chi connectivity index (χ0v) is 21.5. The first-order valence-electron chi connectivity index (χ1n) is 10.9. The predicted molar refractivity (Wildman–Crippen MR) is 136 cm³/mol. The summed E-state index contributed by atoms with van der Waals surface area (Å²) < 4.78 is 0. The summed E-state index contributed by atoms with van der Waals surface area (Å²) in [5.41, 5.74) is 3.02. The molecule has 1 N–H and O–H groups in total. The van der Waals surface area contributed by atoms with Gasteiger partial charge in [-0.1, -0.05) is 79.9 Å². The van der Waals surface area contributed by atoms with Gasteiger partial charge in [0.15, 0.2) is 0 Å². The van der Waals surface area contributed by atoms with E-state index in [2.05, 4.69) is 29.6 Å². The van der Waals surface area contributed by atoms with Gasteiger partial charge >= 0.3 is 0 Å². The normalized spacial score (nSPS) is 12.0. The van der Waals surface area contributed by atoms with Gasteiger partial charge in [0, 0.05) is 34.5 Å². The highest BCUT2D eigenvalue weighted by molar-refractivity contribution is 7.99. The average molecular weight is 496 g/mol. The van der Waals surface area contributed by atoms with E-state index in [4.69, 9.17) is 23.2 Å². The van der Waals surface area contributed by atoms with E-state index in [9.17, 15) is 9.59 Å². The highest BCUT2D eigenvalue weighted by Crippen LogP contribution is 2.27. The van der Waals surface area contributed by atoms with Crippen molar-refractivity contribution in [3.63, 3.8) is 0 Å². The Morgan fingerprint density at radius 1 is 1.06 bits per heavy atom. The smallest absolute Gasteiger partial charge is 0.242 e. The van der Waals surface area contributed by atoms with Gasteiger partial charge in [0.2, 0.25) is 11.8 Å². The number of amides is 2. The summed E-state index contributed by atoms with van der Waals surface area (Å²) in [6.07, 6.45) is 0.500. The van der Waals surface area contributed by atoms with Crippen molar-refractivity contribution in [2.75, 3.05) is 12.3 Å². The van der Waals surface area contributed by atoms with Crippen molar-refractivity contribution in [1.82, 2.24) is 10.2 Å². The number of halogens is 2. The molecule has 0 heterocycles. The maximum Gasteiger partial charge on any atom is 0.242 e. The Balaban J connectivity index is 2.18. The van der Waals surface area contributed by atoms with Gasteiger partial charge in [0.25, 0.3) is 0 Å². The Morgan fingerprint density at radius 3 is 2.25 bits per heavy atom. The van der Waals surface area contributed by atoms with E-state index in [0.717, 1.165) is 11.3 Å². The molecule has 32 heavy (non-hydrogen) atoms. The number of benzene rings is 2. The van der Waals surface area contributed by atoms with E-state index in [0.29, 0.717) is 34.5 Å². The van der Waals surface area contributed by atoms with Crippen molar-refractivity contribution in [1.29, 1.82) is 0 Å². The fourth-order valence-corrected chi connectivity index (χ4v) is 4.61. The molecular formula is C25H32Cl2N2O2S. The Bertz CT molecular complexity index is 883. The number of hydrogen-bond acceptors (Lipinski definition) is 3. The van der Waals surface area contributed by atoms with Gasteiger partial charge in [-0.3, -0.25) is 9.59 Å². The molecule has 0 aliphatic rings. The lowest BCUT2D eigenvalue weighted by Crippen LogP contribution is -2.50. The van der Waals surface area contributed by atoms with E-state index in [1.165, 1.54) is 17.3 Å². The SMILES string of the molecule is CCC(C(=O)NCC(C)C)N(Cc1c(Cl)cccc1Cl)C(=O)CSCc1ccc(C)cc1. The number of carbonyl (C=O) groups excluding carboxylic acids is 2. The minimum absolute atomic E-state index is 0.107. The molecule has 2 aromatic rings. The molecule has 0 aliphatic heterocycles. The van der Waals surface area contributed by atoms with Crippen molar-refractivity contribution < 1.29 is 9.59 Å². The molecule has 0 saturated carbocycles. The van der Waals surface area contributed by atoms with Crippen LogP contribution >= 0.6 is 35.0 Å². The third-order valence-electron chi connectivity index (χ3n) is 5.08. The van der Waals surface area contributed by atoms with Gasteiger partial charge < -0.3 is 10.2 Å². The summed E-state index contributed by atoms with van der Waals surface area (Å²) >= 11 is 14.3. The molecule has 0 saturated heterocycles. The van der Waals surface area contributed by atoms with Crippen molar-refractivity contribution in [2.45, 2.75) is 52.5 Å². The van der Waals surface area contributed by atoms with E-state index in [1.54, 1.807) is 23.1 Å². The number of aryl methyl sites for hydroxylation is 1. The lowest BCUT2D eigenvalue weighted by atomic mass is 10.1. The molecule has 7 heteroatoms. The molecule has 0 aliphatic carbocycles. The molecule has 2 amide bonds. The second-order valence-corrected chi connectivity index (χ2v) is 10.1. The largest absolute Gasteiger partial charge is 0.354 e. The van der Waals surface area contributed by atoms with Gasteiger partial charge in [-0.2, -0.15) is 0 Å². The number of nitrogens with one attached hydrogen (secondary N) is 1. The van der Waals surface area contributed by atoms with Gasteiger partial charge in [0.1, 0.15) is 6.04 Å². The molecule has 0 radical (unpaired) electrons. The molecule has 1 atom stereocenters. The maximum absolute atomic E-state index is 13.3. The van der Waals surface area contributed by atoms with Crippen LogP contribution in [0.1, 0.15) is 43.9 Å². The van der Waals surface area contributed by atoms with Crippen LogP contribution in [0.5, 0.6) is 0 Å². The molecule has 0 fully saturated rings. The molecular weight excluding hydrogens is 463 g/mol. The maximum atomic E-state index is 13.3. The lowest BCUT2D eigenvalue weighted by molar-refractivity contribution is -0.139. The Labute approximate surface area is 206 Å². The molecule has 4 nitrogen and oxygen atoms in total. The lowest BCUT2D eigenvalue weighted by Gasteiger charge is -2.31. The van der Waals surface area contributed by atoms with Crippen LogP contribution in [0.3, 0.4) is 0 Å². The first-order valence-corrected chi connectivity index (χ1v) is 12.8. The molecule has 0 spiro atoms. The van der Waals surface area contributed by atoms with Gasteiger partial charge in [0.05, 0.1) is 5.75 Å². The molecule has 174 valence electrons. The monoisotopic (exact) mass is 494 g/mol. The van der Waals surface area contributed by atoms with Crippen molar-refractivity contribution in [2.24, 2.45) is 5.92 Å². The van der Waals surface area contributed by atoms with E-state index in [1.807, 2.05) is 27.7 Å². The van der Waals surface area contributed by atoms with Crippen molar-refractivity contribution >= 4 is 46.8 Å². The fraction of sp³-hybridized carbons (Fsp3) is 0.440. The molecule has 1 unspecified atom stereocenters. The number of nitrogens with zero attached hydrogens (tertiary/aromatic N) is 1. The fourth-order valence-electron chi connectivity index (χ4n) is 3.22. The van der Waals surface area contributed by atoms with Gasteiger partial charge in [-0.25, -0.2) is 0 Å².